The number of benzene rings is 1. The Kier molecular flexibility index (Phi) is 7.48. The summed E-state index contributed by atoms with van der Waals surface area (Å²) >= 11 is 0. The molecule has 1 aliphatic heterocycles. The molecule has 1 atom stereocenters. The van der Waals surface area contributed by atoms with Gasteiger partial charge in [-0.1, -0.05) is 12.1 Å². The Hall–Kier alpha value is -3.52. The van der Waals surface area contributed by atoms with E-state index in [9.17, 15) is 22.8 Å². The molecule has 0 unspecified atom stereocenters. The van der Waals surface area contributed by atoms with Crippen LogP contribution in [0.5, 0.6) is 5.88 Å². The van der Waals surface area contributed by atoms with E-state index < -0.39 is 29.0 Å². The summed E-state index contributed by atoms with van der Waals surface area (Å²) in [4.78, 5) is 15.7. The molecule has 1 saturated heterocycles. The highest BCUT2D eigenvalue weighted by Crippen LogP contribution is 2.42. The standard InChI is InChI=1S/C27H30F4N6O/c1-15(2)37-11-9-26(14-32,10-12-37)21-13-19-23(34-17(4)35-24(19)36-25(21)38-5)33-16(3)18-7-6-8-20(22(18)28)27(29,30)31/h6-8,13,15-16H,9-12H2,1-5H3,(H,33,34,35,36)/t16-/m1/s1. The molecule has 1 N–H and O–H groups in total. The average Bonchev–Trinajstić information content (AvgIpc) is 2.87. The van der Waals surface area contributed by atoms with E-state index in [1.54, 1.807) is 19.9 Å². The number of piperidine rings is 1. The third-order valence-electron chi connectivity index (χ3n) is 7.22. The number of pyridine rings is 1. The number of methoxy groups -OCH3 is 1. The number of rotatable bonds is 6. The van der Waals surface area contributed by atoms with Crippen LogP contribution in [0, 0.1) is 24.1 Å². The number of halogens is 4. The fourth-order valence-electron chi connectivity index (χ4n) is 5.01. The van der Waals surface area contributed by atoms with Gasteiger partial charge < -0.3 is 15.0 Å². The van der Waals surface area contributed by atoms with Gasteiger partial charge in [-0.05, 0) is 52.7 Å². The number of alkyl halides is 3. The van der Waals surface area contributed by atoms with E-state index >= 15 is 0 Å². The number of hydrogen-bond donors (Lipinski definition) is 1. The predicted octanol–water partition coefficient (Wildman–Crippen LogP) is 5.94. The number of likely N-dealkylation sites (tertiary alicyclic amines) is 1. The number of hydrogen-bond acceptors (Lipinski definition) is 7. The van der Waals surface area contributed by atoms with Crippen LogP contribution >= 0.6 is 0 Å². The third kappa shape index (κ3) is 5.10. The van der Waals surface area contributed by atoms with Crippen molar-refractivity contribution < 1.29 is 22.3 Å². The van der Waals surface area contributed by atoms with Crippen LogP contribution in [0.25, 0.3) is 11.0 Å². The highest BCUT2D eigenvalue weighted by atomic mass is 19.4. The van der Waals surface area contributed by atoms with E-state index in [1.807, 2.05) is 0 Å². The van der Waals surface area contributed by atoms with Gasteiger partial charge in [0.1, 0.15) is 17.5 Å². The molecular formula is C27H30F4N6O. The summed E-state index contributed by atoms with van der Waals surface area (Å²) < 4.78 is 60.3. The Balaban J connectivity index is 1.79. The van der Waals surface area contributed by atoms with E-state index in [-0.39, 0.29) is 17.3 Å². The van der Waals surface area contributed by atoms with Crippen molar-refractivity contribution in [2.24, 2.45) is 0 Å². The van der Waals surface area contributed by atoms with Gasteiger partial charge in [-0.3, -0.25) is 0 Å². The molecular weight excluding hydrogens is 500 g/mol. The second-order valence-electron chi connectivity index (χ2n) is 9.93. The summed E-state index contributed by atoms with van der Waals surface area (Å²) in [5.74, 6) is -0.408. The molecule has 7 nitrogen and oxygen atoms in total. The van der Waals surface area contributed by atoms with Gasteiger partial charge in [0.15, 0.2) is 5.65 Å². The zero-order chi connectivity index (χ0) is 27.8. The number of nitrogens with one attached hydrogen (secondary N) is 1. The maximum Gasteiger partial charge on any atom is 0.419 e. The molecule has 1 fully saturated rings. The fourth-order valence-corrected chi connectivity index (χ4v) is 5.01. The molecule has 0 amide bonds. The van der Waals surface area contributed by atoms with E-state index in [4.69, 9.17) is 4.74 Å². The van der Waals surface area contributed by atoms with Gasteiger partial charge >= 0.3 is 6.18 Å². The molecule has 0 spiro atoms. The molecule has 0 radical (unpaired) electrons. The van der Waals surface area contributed by atoms with E-state index in [1.165, 1.54) is 19.2 Å². The van der Waals surface area contributed by atoms with Gasteiger partial charge in [-0.25, -0.2) is 14.4 Å². The zero-order valence-corrected chi connectivity index (χ0v) is 21.9. The first-order chi connectivity index (χ1) is 17.9. The summed E-state index contributed by atoms with van der Waals surface area (Å²) in [6.07, 6.45) is -3.66. The molecule has 0 aliphatic carbocycles. The van der Waals surface area contributed by atoms with E-state index in [0.29, 0.717) is 47.4 Å². The van der Waals surface area contributed by atoms with Crippen molar-refractivity contribution in [1.82, 2.24) is 19.9 Å². The first-order valence-electron chi connectivity index (χ1n) is 12.4. The van der Waals surface area contributed by atoms with Crippen LogP contribution < -0.4 is 10.1 Å². The summed E-state index contributed by atoms with van der Waals surface area (Å²) in [5.41, 5.74) is -1.43. The lowest BCUT2D eigenvalue weighted by atomic mass is 9.74. The first-order valence-corrected chi connectivity index (χ1v) is 12.4. The zero-order valence-electron chi connectivity index (χ0n) is 21.9. The van der Waals surface area contributed by atoms with Crippen LogP contribution in [0.4, 0.5) is 23.4 Å². The van der Waals surface area contributed by atoms with Gasteiger partial charge in [0, 0.05) is 30.3 Å². The lowest BCUT2D eigenvalue weighted by Crippen LogP contribution is -2.44. The largest absolute Gasteiger partial charge is 0.481 e. The summed E-state index contributed by atoms with van der Waals surface area (Å²) in [6, 6.07) is 6.95. The minimum atomic E-state index is -4.82. The molecule has 3 heterocycles. The van der Waals surface area contributed by atoms with Crippen LogP contribution in [0.1, 0.15) is 62.2 Å². The molecule has 1 aliphatic rings. The SMILES string of the molecule is COc1nc2nc(C)nc(N[C@H](C)c3cccc(C(F)(F)F)c3F)c2cc1C1(C#N)CCN(C(C)C)CC1. The van der Waals surface area contributed by atoms with Crippen LogP contribution in [-0.4, -0.2) is 46.1 Å². The molecule has 0 saturated carbocycles. The van der Waals surface area contributed by atoms with E-state index in [2.05, 4.69) is 45.1 Å². The number of ether oxygens (including phenoxy) is 1. The summed E-state index contributed by atoms with van der Waals surface area (Å²) in [7, 11) is 1.48. The Bertz CT molecular complexity index is 1380. The lowest BCUT2D eigenvalue weighted by Gasteiger charge is -2.39. The highest BCUT2D eigenvalue weighted by molar-refractivity contribution is 5.88. The maximum atomic E-state index is 14.8. The second-order valence-corrected chi connectivity index (χ2v) is 9.93. The van der Waals surface area contributed by atoms with Crippen molar-refractivity contribution in [2.45, 2.75) is 64.2 Å². The highest BCUT2D eigenvalue weighted by Gasteiger charge is 2.40. The smallest absolute Gasteiger partial charge is 0.419 e. The van der Waals surface area contributed by atoms with Crippen LogP contribution in [0.3, 0.4) is 0 Å². The van der Waals surface area contributed by atoms with Crippen LogP contribution in [0.2, 0.25) is 0 Å². The van der Waals surface area contributed by atoms with Crippen molar-refractivity contribution in [1.29, 1.82) is 5.26 Å². The van der Waals surface area contributed by atoms with Crippen LogP contribution in [-0.2, 0) is 11.6 Å². The Morgan fingerprint density at radius 3 is 2.39 bits per heavy atom. The number of nitriles is 1. The minimum absolute atomic E-state index is 0.152. The number of anilines is 1. The monoisotopic (exact) mass is 530 g/mol. The van der Waals surface area contributed by atoms with Crippen molar-refractivity contribution in [3.63, 3.8) is 0 Å². The number of nitrogens with zero attached hydrogens (tertiary/aromatic N) is 5. The topological polar surface area (TPSA) is 87.0 Å². The second kappa shape index (κ2) is 10.3. The number of aryl methyl sites for hydroxylation is 1. The van der Waals surface area contributed by atoms with Crippen LogP contribution in [0.15, 0.2) is 24.3 Å². The first kappa shape index (κ1) is 27.5. The summed E-state index contributed by atoms with van der Waals surface area (Å²) in [6.45, 7) is 8.90. The van der Waals surface area contributed by atoms with Gasteiger partial charge in [-0.15, -0.1) is 0 Å². The molecule has 2 aromatic heterocycles. The number of fused-ring (bicyclic) bond motifs is 1. The van der Waals surface area contributed by atoms with Crippen molar-refractivity contribution in [3.05, 3.63) is 52.6 Å². The molecule has 38 heavy (non-hydrogen) atoms. The molecule has 1 aromatic carbocycles. The molecule has 3 aromatic rings. The average molecular weight is 531 g/mol. The number of aromatic nitrogens is 3. The van der Waals surface area contributed by atoms with Crippen molar-refractivity contribution in [2.75, 3.05) is 25.5 Å². The van der Waals surface area contributed by atoms with Gasteiger partial charge in [0.25, 0.3) is 0 Å². The molecule has 11 heteroatoms. The Morgan fingerprint density at radius 2 is 1.82 bits per heavy atom. The molecule has 202 valence electrons. The Labute approximate surface area is 218 Å². The van der Waals surface area contributed by atoms with Gasteiger partial charge in [0.2, 0.25) is 5.88 Å². The van der Waals surface area contributed by atoms with Crippen molar-refractivity contribution in [3.8, 4) is 11.9 Å². The quantitative estimate of drug-likeness (QED) is 0.395. The van der Waals surface area contributed by atoms with E-state index in [0.717, 1.165) is 13.1 Å². The summed E-state index contributed by atoms with van der Waals surface area (Å²) in [5, 5.41) is 13.8. The normalized spacial score (nSPS) is 16.9. The van der Waals surface area contributed by atoms with Crippen molar-refractivity contribution >= 4 is 16.9 Å². The van der Waals surface area contributed by atoms with Gasteiger partial charge in [-0.2, -0.15) is 23.4 Å². The molecule has 4 rings (SSSR count). The predicted molar refractivity (Wildman–Crippen MR) is 135 cm³/mol. The third-order valence-corrected chi connectivity index (χ3v) is 7.22. The maximum absolute atomic E-state index is 14.8. The lowest BCUT2D eigenvalue weighted by molar-refractivity contribution is -0.140. The van der Waals surface area contributed by atoms with Gasteiger partial charge in [0.05, 0.1) is 35.6 Å². The Morgan fingerprint density at radius 1 is 1.13 bits per heavy atom. The fraction of sp³-hybridized carbons (Fsp3) is 0.481. The minimum Gasteiger partial charge on any atom is -0.481 e. The molecule has 0 bridgehead atoms.